The van der Waals surface area contributed by atoms with Crippen molar-refractivity contribution >= 4 is 11.0 Å². The van der Waals surface area contributed by atoms with Gasteiger partial charge in [0.2, 0.25) is 5.89 Å². The fraction of sp³-hybridized carbons (Fsp3) is 0.250. The molecule has 6 nitrogen and oxygen atoms in total. The molecule has 26 heavy (non-hydrogen) atoms. The molecule has 0 saturated heterocycles. The van der Waals surface area contributed by atoms with Crippen molar-refractivity contribution in [2.75, 3.05) is 0 Å². The molecule has 0 unspecified atom stereocenters. The zero-order valence-corrected chi connectivity index (χ0v) is 14.2. The first-order valence-corrected chi connectivity index (χ1v) is 8.81. The van der Waals surface area contributed by atoms with Gasteiger partial charge < -0.3 is 13.8 Å². The van der Waals surface area contributed by atoms with Crippen LogP contribution in [0.1, 0.15) is 36.3 Å². The van der Waals surface area contributed by atoms with E-state index in [-0.39, 0.29) is 0 Å². The maximum absolute atomic E-state index is 5.91. The maximum atomic E-state index is 5.91. The van der Waals surface area contributed by atoms with Crippen LogP contribution in [0.3, 0.4) is 0 Å². The number of para-hydroxylation sites is 3. The molecule has 6 heteroatoms. The van der Waals surface area contributed by atoms with Crippen LogP contribution in [0.25, 0.3) is 11.0 Å². The van der Waals surface area contributed by atoms with E-state index >= 15 is 0 Å². The molecular formula is C20H18N4O2. The Balaban J connectivity index is 1.45. The van der Waals surface area contributed by atoms with Crippen molar-refractivity contribution in [3.8, 4) is 5.75 Å². The Labute approximate surface area is 150 Å². The third kappa shape index (κ3) is 2.94. The number of hydrogen-bond acceptors (Lipinski definition) is 5. The molecule has 1 fully saturated rings. The van der Waals surface area contributed by atoms with Crippen molar-refractivity contribution in [3.05, 3.63) is 72.1 Å². The van der Waals surface area contributed by atoms with E-state index in [0.717, 1.165) is 41.3 Å². The molecule has 0 aliphatic heterocycles. The predicted octanol–water partition coefficient (Wildman–Crippen LogP) is 3.92. The summed E-state index contributed by atoms with van der Waals surface area (Å²) in [5.74, 6) is 3.55. The Morgan fingerprint density at radius 3 is 2.65 bits per heavy atom. The summed E-state index contributed by atoms with van der Waals surface area (Å²) in [7, 11) is 0. The Morgan fingerprint density at radius 2 is 1.81 bits per heavy atom. The molecule has 0 amide bonds. The first-order valence-electron chi connectivity index (χ1n) is 8.81. The standard InChI is InChI=1S/C20H18N4O2/c1-2-6-15(7-3-1)25-13-19-21-16-8-4-5-9-17(16)24(19)12-18-22-20(26-23-18)14-10-11-14/h1-9,14H,10-13H2. The van der Waals surface area contributed by atoms with Gasteiger partial charge in [0.05, 0.1) is 17.6 Å². The lowest BCUT2D eigenvalue weighted by Crippen LogP contribution is -2.09. The first-order chi connectivity index (χ1) is 12.9. The van der Waals surface area contributed by atoms with Crippen molar-refractivity contribution in [2.24, 2.45) is 0 Å². The van der Waals surface area contributed by atoms with Gasteiger partial charge in [-0.1, -0.05) is 35.5 Å². The number of aromatic nitrogens is 4. The molecule has 1 aliphatic carbocycles. The van der Waals surface area contributed by atoms with Crippen molar-refractivity contribution in [1.29, 1.82) is 0 Å². The van der Waals surface area contributed by atoms with E-state index in [4.69, 9.17) is 14.2 Å². The van der Waals surface area contributed by atoms with Gasteiger partial charge in [0.15, 0.2) is 5.82 Å². The van der Waals surface area contributed by atoms with Gasteiger partial charge in [-0.15, -0.1) is 0 Å². The Hall–Kier alpha value is -3.15. The number of nitrogens with zero attached hydrogens (tertiary/aromatic N) is 4. The summed E-state index contributed by atoms with van der Waals surface area (Å²) in [4.78, 5) is 9.28. The molecular weight excluding hydrogens is 328 g/mol. The predicted molar refractivity (Wildman–Crippen MR) is 95.9 cm³/mol. The molecule has 2 aromatic carbocycles. The fourth-order valence-corrected chi connectivity index (χ4v) is 3.05. The molecule has 130 valence electrons. The molecule has 0 spiro atoms. The van der Waals surface area contributed by atoms with E-state index < -0.39 is 0 Å². The minimum Gasteiger partial charge on any atom is -0.486 e. The summed E-state index contributed by atoms with van der Waals surface area (Å²) in [5, 5.41) is 4.14. The number of rotatable bonds is 6. The Morgan fingerprint density at radius 1 is 1.00 bits per heavy atom. The molecule has 4 aromatic rings. The molecule has 0 atom stereocenters. The van der Waals surface area contributed by atoms with E-state index in [1.807, 2.05) is 48.5 Å². The minimum absolute atomic E-state index is 0.381. The third-order valence-corrected chi connectivity index (χ3v) is 4.55. The zero-order chi connectivity index (χ0) is 17.3. The fourth-order valence-electron chi connectivity index (χ4n) is 3.05. The van der Waals surface area contributed by atoms with Crippen LogP contribution in [0.15, 0.2) is 59.1 Å². The molecule has 0 radical (unpaired) electrons. The normalized spacial score (nSPS) is 14.0. The lowest BCUT2D eigenvalue weighted by atomic mass is 10.3. The summed E-state index contributed by atoms with van der Waals surface area (Å²) >= 11 is 0. The average Bonchev–Trinajstić information content (AvgIpc) is 3.33. The lowest BCUT2D eigenvalue weighted by molar-refractivity contribution is 0.290. The van der Waals surface area contributed by atoms with Crippen LogP contribution in [0, 0.1) is 0 Å². The van der Waals surface area contributed by atoms with Gasteiger partial charge in [0.1, 0.15) is 18.2 Å². The second kappa shape index (κ2) is 6.29. The number of ether oxygens (including phenoxy) is 1. The summed E-state index contributed by atoms with van der Waals surface area (Å²) < 4.78 is 13.4. The zero-order valence-electron chi connectivity index (χ0n) is 14.2. The number of fused-ring (bicyclic) bond motifs is 1. The number of benzene rings is 2. The van der Waals surface area contributed by atoms with Crippen molar-refractivity contribution in [1.82, 2.24) is 19.7 Å². The molecule has 1 aliphatic rings. The van der Waals surface area contributed by atoms with Crippen molar-refractivity contribution in [2.45, 2.75) is 31.9 Å². The summed E-state index contributed by atoms with van der Waals surface area (Å²) in [6, 6.07) is 17.8. The van der Waals surface area contributed by atoms with Crippen LogP contribution >= 0.6 is 0 Å². The van der Waals surface area contributed by atoms with E-state index in [0.29, 0.717) is 24.9 Å². The summed E-state index contributed by atoms with van der Waals surface area (Å²) in [6.07, 6.45) is 2.29. The van der Waals surface area contributed by atoms with Gasteiger partial charge in [-0.3, -0.25) is 0 Å². The van der Waals surface area contributed by atoms with E-state index in [1.54, 1.807) is 0 Å². The highest BCUT2D eigenvalue weighted by Gasteiger charge is 2.29. The molecule has 0 bridgehead atoms. The monoisotopic (exact) mass is 346 g/mol. The smallest absolute Gasteiger partial charge is 0.229 e. The summed E-state index contributed by atoms with van der Waals surface area (Å²) in [5.41, 5.74) is 1.97. The topological polar surface area (TPSA) is 66.0 Å². The SMILES string of the molecule is c1ccc(OCc2nc3ccccc3n2Cc2noc(C3CC3)n2)cc1. The van der Waals surface area contributed by atoms with Gasteiger partial charge in [-0.05, 0) is 37.1 Å². The highest BCUT2D eigenvalue weighted by atomic mass is 16.5. The third-order valence-electron chi connectivity index (χ3n) is 4.55. The highest BCUT2D eigenvalue weighted by molar-refractivity contribution is 5.76. The van der Waals surface area contributed by atoms with E-state index in [2.05, 4.69) is 20.8 Å². The molecule has 2 heterocycles. The molecule has 2 aromatic heterocycles. The second-order valence-corrected chi connectivity index (χ2v) is 6.53. The Bertz CT molecular complexity index is 1030. The molecule has 1 saturated carbocycles. The number of hydrogen-bond donors (Lipinski definition) is 0. The quantitative estimate of drug-likeness (QED) is 0.529. The van der Waals surface area contributed by atoms with Crippen molar-refractivity contribution in [3.63, 3.8) is 0 Å². The second-order valence-electron chi connectivity index (χ2n) is 6.53. The van der Waals surface area contributed by atoms with Crippen LogP contribution in [-0.2, 0) is 13.2 Å². The van der Waals surface area contributed by atoms with E-state index in [1.165, 1.54) is 0 Å². The summed E-state index contributed by atoms with van der Waals surface area (Å²) in [6.45, 7) is 0.899. The van der Waals surface area contributed by atoms with Crippen LogP contribution < -0.4 is 4.74 Å². The van der Waals surface area contributed by atoms with Gasteiger partial charge >= 0.3 is 0 Å². The minimum atomic E-state index is 0.381. The van der Waals surface area contributed by atoms with Crippen LogP contribution in [0.4, 0.5) is 0 Å². The van der Waals surface area contributed by atoms with Crippen LogP contribution in [0.2, 0.25) is 0 Å². The Kier molecular flexibility index (Phi) is 3.66. The van der Waals surface area contributed by atoms with Gasteiger partial charge in [-0.25, -0.2) is 4.98 Å². The van der Waals surface area contributed by atoms with E-state index in [9.17, 15) is 0 Å². The number of imidazole rings is 1. The van der Waals surface area contributed by atoms with Gasteiger partial charge in [0.25, 0.3) is 0 Å². The average molecular weight is 346 g/mol. The van der Waals surface area contributed by atoms with Crippen LogP contribution in [0.5, 0.6) is 5.75 Å². The highest BCUT2D eigenvalue weighted by Crippen LogP contribution is 2.38. The maximum Gasteiger partial charge on any atom is 0.229 e. The van der Waals surface area contributed by atoms with Crippen molar-refractivity contribution < 1.29 is 9.26 Å². The molecule has 0 N–H and O–H groups in total. The van der Waals surface area contributed by atoms with Crippen LogP contribution in [-0.4, -0.2) is 19.7 Å². The van der Waals surface area contributed by atoms with Gasteiger partial charge in [-0.2, -0.15) is 4.98 Å². The largest absolute Gasteiger partial charge is 0.486 e. The first kappa shape index (κ1) is 15.1. The lowest BCUT2D eigenvalue weighted by Gasteiger charge is -2.08. The molecule has 5 rings (SSSR count). The van der Waals surface area contributed by atoms with Gasteiger partial charge in [0, 0.05) is 5.92 Å².